The topological polar surface area (TPSA) is 84.9 Å². The molecule has 0 aromatic heterocycles. The van der Waals surface area contributed by atoms with Crippen LogP contribution in [-0.4, -0.2) is 49.0 Å². The maximum atomic E-state index is 12.3. The van der Waals surface area contributed by atoms with Crippen LogP contribution in [-0.2, 0) is 14.3 Å². The van der Waals surface area contributed by atoms with Gasteiger partial charge in [-0.1, -0.05) is 26.0 Å². The summed E-state index contributed by atoms with van der Waals surface area (Å²) in [7, 11) is 0. The zero-order valence-electron chi connectivity index (χ0n) is 18.5. The molecule has 1 N–H and O–H groups in total. The van der Waals surface area contributed by atoms with Crippen LogP contribution in [0.4, 0.5) is 5.69 Å². The standard InChI is InChI=1S/C24H30N2O5/c1-5-26(6-2)24(29)19-7-11-20(12-8-19)25-22(27)15-31-23(28)16-30-21-13-9-18(10-14-21)17(3)4/h7-14,17H,5-6,15-16H2,1-4H3,(H,25,27). The Morgan fingerprint density at radius 1 is 0.903 bits per heavy atom. The molecule has 2 rings (SSSR count). The molecule has 0 aliphatic carbocycles. The second-order valence-corrected chi connectivity index (χ2v) is 7.28. The molecule has 0 fully saturated rings. The van der Waals surface area contributed by atoms with Gasteiger partial charge in [0.05, 0.1) is 0 Å². The molecule has 2 aromatic rings. The van der Waals surface area contributed by atoms with Gasteiger partial charge in [-0.2, -0.15) is 0 Å². The summed E-state index contributed by atoms with van der Waals surface area (Å²) >= 11 is 0. The van der Waals surface area contributed by atoms with Crippen molar-refractivity contribution in [2.75, 3.05) is 31.6 Å². The first-order valence-corrected chi connectivity index (χ1v) is 10.4. The lowest BCUT2D eigenvalue weighted by atomic mass is 10.0. The molecule has 166 valence electrons. The molecular formula is C24H30N2O5. The number of rotatable bonds is 10. The van der Waals surface area contributed by atoms with E-state index in [2.05, 4.69) is 19.2 Å². The van der Waals surface area contributed by atoms with Crippen LogP contribution in [0.2, 0.25) is 0 Å². The summed E-state index contributed by atoms with van der Waals surface area (Å²) in [5, 5.41) is 2.63. The molecule has 31 heavy (non-hydrogen) atoms. The van der Waals surface area contributed by atoms with Gasteiger partial charge in [-0.15, -0.1) is 0 Å². The van der Waals surface area contributed by atoms with Crippen LogP contribution in [0, 0.1) is 0 Å². The van der Waals surface area contributed by atoms with Crippen molar-refractivity contribution in [1.82, 2.24) is 4.90 Å². The molecule has 2 amide bonds. The van der Waals surface area contributed by atoms with Crippen molar-refractivity contribution in [3.63, 3.8) is 0 Å². The average molecular weight is 427 g/mol. The molecule has 7 nitrogen and oxygen atoms in total. The molecule has 0 saturated heterocycles. The lowest BCUT2D eigenvalue weighted by Gasteiger charge is -2.18. The number of benzene rings is 2. The van der Waals surface area contributed by atoms with Gasteiger partial charge in [-0.25, -0.2) is 4.79 Å². The van der Waals surface area contributed by atoms with Gasteiger partial charge in [0.25, 0.3) is 11.8 Å². The minimum absolute atomic E-state index is 0.0596. The number of amides is 2. The number of carbonyl (C=O) groups excluding carboxylic acids is 3. The summed E-state index contributed by atoms with van der Waals surface area (Å²) in [5.74, 6) is -0.196. The zero-order valence-corrected chi connectivity index (χ0v) is 18.5. The zero-order chi connectivity index (χ0) is 22.8. The maximum absolute atomic E-state index is 12.3. The number of hydrogen-bond donors (Lipinski definition) is 1. The van der Waals surface area contributed by atoms with Crippen molar-refractivity contribution < 1.29 is 23.9 Å². The number of ether oxygens (including phenoxy) is 2. The van der Waals surface area contributed by atoms with Crippen molar-refractivity contribution in [2.45, 2.75) is 33.6 Å². The summed E-state index contributed by atoms with van der Waals surface area (Å²) in [4.78, 5) is 37.8. The Hall–Kier alpha value is -3.35. The predicted octanol–water partition coefficient (Wildman–Crippen LogP) is 3.85. The van der Waals surface area contributed by atoms with Gasteiger partial charge in [0, 0.05) is 24.3 Å². The van der Waals surface area contributed by atoms with Crippen LogP contribution >= 0.6 is 0 Å². The molecule has 0 saturated carbocycles. The highest BCUT2D eigenvalue weighted by atomic mass is 16.6. The molecule has 0 aliphatic rings. The van der Waals surface area contributed by atoms with Gasteiger partial charge < -0.3 is 19.7 Å². The molecule has 0 spiro atoms. The normalized spacial score (nSPS) is 10.5. The molecule has 0 bridgehead atoms. The van der Waals surface area contributed by atoms with E-state index in [0.29, 0.717) is 36.0 Å². The Morgan fingerprint density at radius 2 is 1.52 bits per heavy atom. The van der Waals surface area contributed by atoms with Crippen LogP contribution in [0.3, 0.4) is 0 Å². The minimum atomic E-state index is -0.636. The SMILES string of the molecule is CCN(CC)C(=O)c1ccc(NC(=O)COC(=O)COc2ccc(C(C)C)cc2)cc1. The molecule has 2 aromatic carbocycles. The van der Waals surface area contributed by atoms with Crippen LogP contribution in [0.15, 0.2) is 48.5 Å². The average Bonchev–Trinajstić information content (AvgIpc) is 2.77. The Morgan fingerprint density at radius 3 is 2.06 bits per heavy atom. The Labute approximate surface area is 183 Å². The second-order valence-electron chi connectivity index (χ2n) is 7.28. The fourth-order valence-corrected chi connectivity index (χ4v) is 2.87. The summed E-state index contributed by atoms with van der Waals surface area (Å²) in [6, 6.07) is 14.1. The maximum Gasteiger partial charge on any atom is 0.344 e. The van der Waals surface area contributed by atoms with Gasteiger partial charge in [-0.05, 0) is 61.7 Å². The first-order chi connectivity index (χ1) is 14.8. The number of anilines is 1. The van der Waals surface area contributed by atoms with Crippen LogP contribution in [0.25, 0.3) is 0 Å². The van der Waals surface area contributed by atoms with E-state index in [-0.39, 0.29) is 12.5 Å². The van der Waals surface area contributed by atoms with E-state index >= 15 is 0 Å². The fraction of sp³-hybridized carbons (Fsp3) is 0.375. The van der Waals surface area contributed by atoms with Crippen molar-refractivity contribution in [3.05, 3.63) is 59.7 Å². The number of nitrogens with one attached hydrogen (secondary N) is 1. The van der Waals surface area contributed by atoms with E-state index in [4.69, 9.17) is 9.47 Å². The second kappa shape index (κ2) is 11.7. The van der Waals surface area contributed by atoms with E-state index in [1.165, 1.54) is 5.56 Å². The van der Waals surface area contributed by atoms with Crippen molar-refractivity contribution in [3.8, 4) is 5.75 Å². The van der Waals surface area contributed by atoms with E-state index in [0.717, 1.165) is 0 Å². The lowest BCUT2D eigenvalue weighted by Crippen LogP contribution is -2.30. The van der Waals surface area contributed by atoms with E-state index in [1.54, 1.807) is 41.3 Å². The first kappa shape index (κ1) is 23.9. The van der Waals surface area contributed by atoms with Gasteiger partial charge in [0.1, 0.15) is 5.75 Å². The monoisotopic (exact) mass is 426 g/mol. The summed E-state index contributed by atoms with van der Waals surface area (Å²) < 4.78 is 10.3. The van der Waals surface area contributed by atoms with Gasteiger partial charge in [0.15, 0.2) is 13.2 Å². The Balaban J connectivity index is 1.75. The van der Waals surface area contributed by atoms with Gasteiger partial charge in [0.2, 0.25) is 0 Å². The van der Waals surface area contributed by atoms with Crippen LogP contribution in [0.1, 0.15) is 49.5 Å². The largest absolute Gasteiger partial charge is 0.482 e. The lowest BCUT2D eigenvalue weighted by molar-refractivity contribution is -0.149. The Kier molecular flexibility index (Phi) is 9.06. The minimum Gasteiger partial charge on any atom is -0.482 e. The van der Waals surface area contributed by atoms with E-state index in [1.807, 2.05) is 26.0 Å². The number of esters is 1. The quantitative estimate of drug-likeness (QED) is 0.583. The first-order valence-electron chi connectivity index (χ1n) is 10.4. The smallest absolute Gasteiger partial charge is 0.344 e. The van der Waals surface area contributed by atoms with Gasteiger partial charge in [-0.3, -0.25) is 9.59 Å². The van der Waals surface area contributed by atoms with Crippen LogP contribution < -0.4 is 10.1 Å². The fourth-order valence-electron chi connectivity index (χ4n) is 2.87. The summed E-state index contributed by atoms with van der Waals surface area (Å²) in [6.07, 6.45) is 0. The number of nitrogens with zero attached hydrogens (tertiary/aromatic N) is 1. The van der Waals surface area contributed by atoms with Gasteiger partial charge >= 0.3 is 5.97 Å². The third-order valence-electron chi connectivity index (χ3n) is 4.73. The highest BCUT2D eigenvalue weighted by Crippen LogP contribution is 2.18. The number of carbonyl (C=O) groups is 3. The molecule has 0 heterocycles. The molecular weight excluding hydrogens is 396 g/mol. The summed E-state index contributed by atoms with van der Waals surface area (Å²) in [5.41, 5.74) is 2.24. The highest BCUT2D eigenvalue weighted by Gasteiger charge is 2.13. The molecule has 0 unspecified atom stereocenters. The summed E-state index contributed by atoms with van der Waals surface area (Å²) in [6.45, 7) is 8.59. The molecule has 0 radical (unpaired) electrons. The molecule has 7 heteroatoms. The molecule has 0 aliphatic heterocycles. The Bertz CT molecular complexity index is 872. The van der Waals surface area contributed by atoms with E-state index in [9.17, 15) is 14.4 Å². The third-order valence-corrected chi connectivity index (χ3v) is 4.73. The molecule has 0 atom stereocenters. The highest BCUT2D eigenvalue weighted by molar-refractivity contribution is 5.96. The van der Waals surface area contributed by atoms with Crippen molar-refractivity contribution in [1.29, 1.82) is 0 Å². The van der Waals surface area contributed by atoms with E-state index < -0.39 is 18.5 Å². The van der Waals surface area contributed by atoms with Crippen molar-refractivity contribution in [2.24, 2.45) is 0 Å². The third kappa shape index (κ3) is 7.44. The van der Waals surface area contributed by atoms with Crippen molar-refractivity contribution >= 4 is 23.5 Å². The van der Waals surface area contributed by atoms with Crippen LogP contribution in [0.5, 0.6) is 5.75 Å². The number of hydrogen-bond acceptors (Lipinski definition) is 5. The predicted molar refractivity (Wildman–Crippen MR) is 119 cm³/mol.